The lowest BCUT2D eigenvalue weighted by atomic mass is 9.65. The Kier molecular flexibility index (Phi) is 6.48. The highest BCUT2D eigenvalue weighted by Gasteiger charge is 2.63. The summed E-state index contributed by atoms with van der Waals surface area (Å²) in [6, 6.07) is 9.65. The number of benzene rings is 2. The Balaban J connectivity index is 1.42. The molecule has 43 heavy (non-hydrogen) atoms. The van der Waals surface area contributed by atoms with E-state index in [-0.39, 0.29) is 47.7 Å². The minimum absolute atomic E-state index is 0.0119. The lowest BCUT2D eigenvalue weighted by Gasteiger charge is -2.42. The number of aromatic nitrogens is 1. The Morgan fingerprint density at radius 3 is 2.33 bits per heavy atom. The van der Waals surface area contributed by atoms with Crippen molar-refractivity contribution in [3.63, 3.8) is 0 Å². The van der Waals surface area contributed by atoms with E-state index >= 15 is 0 Å². The number of fused-ring (bicyclic) bond motifs is 4. The summed E-state index contributed by atoms with van der Waals surface area (Å²) in [7, 11) is 5.88. The fourth-order valence-corrected chi connectivity index (χ4v) is 6.53. The molecule has 0 radical (unpaired) electrons. The summed E-state index contributed by atoms with van der Waals surface area (Å²) >= 11 is 0. The topological polar surface area (TPSA) is 138 Å². The molecule has 2 aliphatic carbocycles. The van der Waals surface area contributed by atoms with Crippen LogP contribution >= 0.6 is 0 Å². The number of aryl methyl sites for hydroxylation is 1. The number of rotatable bonds is 6. The summed E-state index contributed by atoms with van der Waals surface area (Å²) in [6.45, 7) is 2.02. The Morgan fingerprint density at radius 1 is 0.977 bits per heavy atom. The molecule has 2 heterocycles. The summed E-state index contributed by atoms with van der Waals surface area (Å²) in [4.78, 5) is 73.8. The van der Waals surface area contributed by atoms with Crippen LogP contribution in [0.1, 0.15) is 53.5 Å². The van der Waals surface area contributed by atoms with Crippen molar-refractivity contribution in [2.24, 2.45) is 0 Å². The molecule has 1 atom stereocenters. The maximum Gasteiger partial charge on any atom is 0.327 e. The van der Waals surface area contributed by atoms with Gasteiger partial charge in [-0.3, -0.25) is 24.1 Å². The number of hydrogen-bond acceptors (Lipinski definition) is 7. The second-order valence-corrected chi connectivity index (χ2v) is 10.9. The summed E-state index contributed by atoms with van der Waals surface area (Å²) in [5.41, 5.74) is 1.45. The molecule has 3 aromatic rings. The summed E-state index contributed by atoms with van der Waals surface area (Å²) in [6.07, 6.45) is 1.81. The first kappa shape index (κ1) is 28.0. The van der Waals surface area contributed by atoms with Crippen molar-refractivity contribution in [3.05, 3.63) is 87.2 Å². The van der Waals surface area contributed by atoms with E-state index < -0.39 is 29.0 Å². The van der Waals surface area contributed by atoms with Crippen molar-refractivity contribution < 1.29 is 33.4 Å². The quantitative estimate of drug-likeness (QED) is 0.426. The third-order valence-corrected chi connectivity index (χ3v) is 8.75. The van der Waals surface area contributed by atoms with Crippen LogP contribution in [0.2, 0.25) is 0 Å². The molecule has 1 saturated heterocycles. The van der Waals surface area contributed by atoms with Crippen molar-refractivity contribution >= 4 is 35.0 Å². The lowest BCUT2D eigenvalue weighted by molar-refractivity contribution is -0.130. The van der Waals surface area contributed by atoms with Crippen LogP contribution in [-0.4, -0.2) is 84.6 Å². The molecule has 0 bridgehead atoms. The molecule has 11 nitrogen and oxygen atoms in total. The Hall–Kier alpha value is -5.19. The Bertz CT molecular complexity index is 1790. The zero-order valence-corrected chi connectivity index (χ0v) is 24.4. The number of imide groups is 1. The van der Waals surface area contributed by atoms with Gasteiger partial charge in [0.05, 0.1) is 25.5 Å². The minimum atomic E-state index is -1.73. The van der Waals surface area contributed by atoms with Crippen LogP contribution in [0.3, 0.4) is 0 Å². The fourth-order valence-electron chi connectivity index (χ4n) is 6.53. The number of ketones is 2. The van der Waals surface area contributed by atoms with Crippen LogP contribution in [0, 0.1) is 6.92 Å². The van der Waals surface area contributed by atoms with Gasteiger partial charge in [0.1, 0.15) is 11.5 Å². The third kappa shape index (κ3) is 3.84. The number of allylic oxidation sites excluding steroid dienone is 1. The van der Waals surface area contributed by atoms with E-state index in [1.165, 1.54) is 26.1 Å². The number of H-pyrrole nitrogens is 1. The van der Waals surface area contributed by atoms with Crippen molar-refractivity contribution in [2.45, 2.75) is 25.3 Å². The molecular formula is C32H30N4O7. The van der Waals surface area contributed by atoms with Gasteiger partial charge in [-0.25, -0.2) is 4.79 Å². The van der Waals surface area contributed by atoms with Gasteiger partial charge < -0.3 is 24.7 Å². The second kappa shape index (κ2) is 9.97. The molecule has 1 fully saturated rings. The molecule has 11 heteroatoms. The number of urea groups is 1. The van der Waals surface area contributed by atoms with E-state index in [9.17, 15) is 24.0 Å². The molecular weight excluding hydrogens is 552 g/mol. The van der Waals surface area contributed by atoms with E-state index in [1.54, 1.807) is 49.7 Å². The largest absolute Gasteiger partial charge is 0.497 e. The minimum Gasteiger partial charge on any atom is -0.497 e. The van der Waals surface area contributed by atoms with Crippen LogP contribution in [-0.2, 0) is 17.6 Å². The van der Waals surface area contributed by atoms with Crippen molar-refractivity contribution in [2.75, 3.05) is 34.9 Å². The number of aromatic amines is 1. The number of Topliss-reactive ketones (excluding diaryl/α,β-unsaturated/α-hetero) is 2. The van der Waals surface area contributed by atoms with E-state index in [4.69, 9.17) is 9.47 Å². The Morgan fingerprint density at radius 2 is 1.70 bits per heavy atom. The van der Waals surface area contributed by atoms with Gasteiger partial charge in [0.25, 0.3) is 11.8 Å². The zero-order chi connectivity index (χ0) is 30.8. The van der Waals surface area contributed by atoms with E-state index in [0.717, 1.165) is 10.5 Å². The molecule has 4 amide bonds. The van der Waals surface area contributed by atoms with Crippen molar-refractivity contribution in [1.82, 2.24) is 20.1 Å². The van der Waals surface area contributed by atoms with Gasteiger partial charge in [-0.1, -0.05) is 6.07 Å². The van der Waals surface area contributed by atoms with Gasteiger partial charge in [-0.05, 0) is 60.4 Å². The molecule has 2 aromatic carbocycles. The van der Waals surface area contributed by atoms with Gasteiger partial charge in [0.15, 0.2) is 11.3 Å². The van der Waals surface area contributed by atoms with Crippen LogP contribution in [0.15, 0.2) is 48.2 Å². The molecule has 0 saturated carbocycles. The van der Waals surface area contributed by atoms with Crippen LogP contribution in [0.25, 0.3) is 5.57 Å². The molecule has 1 unspecified atom stereocenters. The molecule has 1 aliphatic heterocycles. The smallest absolute Gasteiger partial charge is 0.327 e. The number of methoxy groups -OCH3 is 2. The molecule has 220 valence electrons. The number of carbonyl (C=O) groups excluding carboxylic acids is 5. The number of likely N-dealkylation sites (N-methyl/N-ethyl adjacent to an activating group) is 2. The molecule has 6 rings (SSSR count). The molecule has 2 N–H and O–H groups in total. The van der Waals surface area contributed by atoms with Gasteiger partial charge in [0.2, 0.25) is 5.78 Å². The number of carbonyl (C=O) groups is 5. The highest BCUT2D eigenvalue weighted by Crippen LogP contribution is 2.51. The SMILES string of the molecule is COc1ccc(C(=O)NCCc2c[nH]c3c2C(=O)C2=C(C3=O)c3c(C)ccc(OC)c3CC23C(=O)N(C)C(=O)N3C)cc1. The van der Waals surface area contributed by atoms with E-state index in [0.29, 0.717) is 33.8 Å². The average molecular weight is 583 g/mol. The standard InChI is InChI=1S/C32H30N4O7/c1-16-6-11-21(43-5)20-14-32(30(40)35(2)31(41)36(32)3)25-24(22(16)20)28(38)26-23(27(25)37)18(15-34-26)12-13-33-29(39)17-7-9-19(42-4)10-8-17/h6-11,15,34H,12-14H2,1-5H3,(H,33,39). The van der Waals surface area contributed by atoms with Crippen LogP contribution < -0.4 is 14.8 Å². The number of hydrogen-bond donors (Lipinski definition) is 2. The number of ether oxygens (including phenoxy) is 2. The van der Waals surface area contributed by atoms with Crippen molar-refractivity contribution in [3.8, 4) is 11.5 Å². The van der Waals surface area contributed by atoms with E-state index in [1.807, 2.05) is 6.92 Å². The highest BCUT2D eigenvalue weighted by molar-refractivity contribution is 6.43. The Labute approximate surface area is 247 Å². The summed E-state index contributed by atoms with van der Waals surface area (Å²) in [5.74, 6) is -0.748. The molecule has 1 spiro atoms. The average Bonchev–Trinajstić information content (AvgIpc) is 3.51. The number of nitrogens with one attached hydrogen (secondary N) is 2. The van der Waals surface area contributed by atoms with Gasteiger partial charge in [-0.2, -0.15) is 0 Å². The maximum absolute atomic E-state index is 14.5. The number of nitrogens with zero attached hydrogens (tertiary/aromatic N) is 2. The molecule has 3 aliphatic rings. The van der Waals surface area contributed by atoms with Crippen molar-refractivity contribution in [1.29, 1.82) is 0 Å². The highest BCUT2D eigenvalue weighted by atomic mass is 16.5. The van der Waals surface area contributed by atoms with Gasteiger partial charge in [-0.15, -0.1) is 0 Å². The van der Waals surface area contributed by atoms with Gasteiger partial charge in [0, 0.05) is 55.5 Å². The third-order valence-electron chi connectivity index (χ3n) is 8.75. The first-order valence-electron chi connectivity index (χ1n) is 13.8. The molecule has 1 aromatic heterocycles. The maximum atomic E-state index is 14.5. The predicted molar refractivity (Wildman–Crippen MR) is 155 cm³/mol. The monoisotopic (exact) mass is 582 g/mol. The summed E-state index contributed by atoms with van der Waals surface area (Å²) < 4.78 is 10.8. The predicted octanol–water partition coefficient (Wildman–Crippen LogP) is 2.96. The van der Waals surface area contributed by atoms with Crippen LogP contribution in [0.4, 0.5) is 4.79 Å². The summed E-state index contributed by atoms with van der Waals surface area (Å²) in [5, 5.41) is 2.84. The first-order valence-corrected chi connectivity index (χ1v) is 13.8. The number of amides is 4. The fraction of sp³-hybridized carbons (Fsp3) is 0.281. The normalized spacial score (nSPS) is 19.1. The zero-order valence-electron chi connectivity index (χ0n) is 24.4. The lowest BCUT2D eigenvalue weighted by Crippen LogP contribution is -2.56. The second-order valence-electron chi connectivity index (χ2n) is 10.9. The van der Waals surface area contributed by atoms with E-state index in [2.05, 4.69) is 10.3 Å². The van der Waals surface area contributed by atoms with Crippen LogP contribution in [0.5, 0.6) is 11.5 Å². The van der Waals surface area contributed by atoms with Gasteiger partial charge >= 0.3 is 6.03 Å². The first-order chi connectivity index (χ1) is 20.6.